The molecular formula is C4H5BrN2O2S2. The van der Waals surface area contributed by atoms with Crippen molar-refractivity contribution in [1.29, 1.82) is 0 Å². The Hall–Kier alpha value is 0.0200. The van der Waals surface area contributed by atoms with Gasteiger partial charge in [0.25, 0.3) is 10.0 Å². The van der Waals surface area contributed by atoms with Gasteiger partial charge in [0.1, 0.15) is 0 Å². The van der Waals surface area contributed by atoms with Gasteiger partial charge in [0.2, 0.25) is 0 Å². The zero-order chi connectivity index (χ0) is 8.65. The number of nitrogens with two attached hydrogens (primary N) is 1. The van der Waals surface area contributed by atoms with E-state index in [1.54, 1.807) is 6.92 Å². The van der Waals surface area contributed by atoms with Crippen molar-refractivity contribution in [2.24, 2.45) is 5.14 Å². The predicted octanol–water partition coefficient (Wildman–Crippen LogP) is 0.861. The van der Waals surface area contributed by atoms with E-state index < -0.39 is 10.0 Å². The minimum Gasteiger partial charge on any atom is -0.223 e. The fourth-order valence-corrected chi connectivity index (χ4v) is 3.31. The standard InChI is InChI=1S/C4H5BrN2O2S2/c1-2-3(11(6,8)9)7-4(5)10-2/h1H3,(H2,6,8,9). The molecule has 7 heteroatoms. The van der Waals surface area contributed by atoms with Gasteiger partial charge in [0.05, 0.1) is 0 Å². The summed E-state index contributed by atoms with van der Waals surface area (Å²) in [5, 5.41) is 4.82. The third-order valence-electron chi connectivity index (χ3n) is 0.997. The summed E-state index contributed by atoms with van der Waals surface area (Å²) in [6.45, 7) is 1.65. The molecule has 0 unspecified atom stereocenters. The van der Waals surface area contributed by atoms with E-state index in [0.717, 1.165) is 0 Å². The van der Waals surface area contributed by atoms with Gasteiger partial charge in [-0.25, -0.2) is 18.5 Å². The number of halogens is 1. The Kier molecular flexibility index (Phi) is 2.33. The Morgan fingerprint density at radius 3 is 2.36 bits per heavy atom. The van der Waals surface area contributed by atoms with Gasteiger partial charge in [0, 0.05) is 4.88 Å². The molecule has 1 aromatic rings. The number of hydrogen-bond acceptors (Lipinski definition) is 4. The number of aryl methyl sites for hydroxylation is 1. The third-order valence-corrected chi connectivity index (χ3v) is 3.49. The maximum Gasteiger partial charge on any atom is 0.256 e. The second kappa shape index (κ2) is 2.81. The SMILES string of the molecule is Cc1sc(Br)nc1S(N)(=O)=O. The first-order valence-corrected chi connectivity index (χ1v) is 5.72. The van der Waals surface area contributed by atoms with E-state index in [0.29, 0.717) is 8.79 Å². The van der Waals surface area contributed by atoms with E-state index in [1.807, 2.05) is 0 Å². The second-order valence-electron chi connectivity index (χ2n) is 1.87. The molecule has 0 radical (unpaired) electrons. The van der Waals surface area contributed by atoms with Crippen LogP contribution in [0.4, 0.5) is 0 Å². The number of nitrogens with zero attached hydrogens (tertiary/aromatic N) is 1. The lowest BCUT2D eigenvalue weighted by molar-refractivity contribution is 0.594. The summed E-state index contributed by atoms with van der Waals surface area (Å²) in [7, 11) is -3.64. The molecule has 0 aromatic carbocycles. The van der Waals surface area contributed by atoms with Gasteiger partial charge in [-0.3, -0.25) is 0 Å². The molecule has 0 bridgehead atoms. The number of aromatic nitrogens is 1. The van der Waals surface area contributed by atoms with Gasteiger partial charge in [-0.15, -0.1) is 11.3 Å². The first kappa shape index (κ1) is 9.11. The fraction of sp³-hybridized carbons (Fsp3) is 0.250. The number of hydrogen-bond donors (Lipinski definition) is 1. The van der Waals surface area contributed by atoms with Gasteiger partial charge < -0.3 is 0 Å². The Morgan fingerprint density at radius 2 is 2.18 bits per heavy atom. The van der Waals surface area contributed by atoms with Crippen LogP contribution in [0, 0.1) is 6.92 Å². The number of primary sulfonamides is 1. The molecule has 0 aliphatic heterocycles. The highest BCUT2D eigenvalue weighted by atomic mass is 79.9. The number of thiazole rings is 1. The summed E-state index contributed by atoms with van der Waals surface area (Å²) in [6.07, 6.45) is 0. The van der Waals surface area contributed by atoms with Crippen LogP contribution < -0.4 is 5.14 Å². The molecule has 0 fully saturated rings. The fourth-order valence-electron chi connectivity index (χ4n) is 0.615. The van der Waals surface area contributed by atoms with E-state index >= 15 is 0 Å². The topological polar surface area (TPSA) is 73.0 Å². The van der Waals surface area contributed by atoms with Crippen molar-refractivity contribution in [2.75, 3.05) is 0 Å². The van der Waals surface area contributed by atoms with Crippen LogP contribution in [0.3, 0.4) is 0 Å². The lowest BCUT2D eigenvalue weighted by Crippen LogP contribution is -2.13. The third kappa shape index (κ3) is 1.98. The quantitative estimate of drug-likeness (QED) is 0.810. The largest absolute Gasteiger partial charge is 0.256 e. The van der Waals surface area contributed by atoms with E-state index in [2.05, 4.69) is 20.9 Å². The van der Waals surface area contributed by atoms with Crippen LogP contribution in [0.1, 0.15) is 4.88 Å². The molecule has 0 spiro atoms. The van der Waals surface area contributed by atoms with Crippen molar-refractivity contribution in [3.05, 3.63) is 8.79 Å². The van der Waals surface area contributed by atoms with Crippen LogP contribution in [-0.4, -0.2) is 13.4 Å². The lowest BCUT2D eigenvalue weighted by atomic mass is 10.6. The van der Waals surface area contributed by atoms with E-state index in [4.69, 9.17) is 5.14 Å². The molecule has 0 amide bonds. The van der Waals surface area contributed by atoms with Crippen LogP contribution in [0.5, 0.6) is 0 Å². The van der Waals surface area contributed by atoms with Gasteiger partial charge in [-0.1, -0.05) is 0 Å². The highest BCUT2D eigenvalue weighted by molar-refractivity contribution is 9.11. The summed E-state index contributed by atoms with van der Waals surface area (Å²) >= 11 is 4.31. The van der Waals surface area contributed by atoms with Crippen molar-refractivity contribution < 1.29 is 8.42 Å². The summed E-state index contributed by atoms with van der Waals surface area (Å²) in [5.74, 6) is 0. The van der Waals surface area contributed by atoms with Crippen molar-refractivity contribution >= 4 is 37.3 Å². The highest BCUT2D eigenvalue weighted by Gasteiger charge is 2.16. The van der Waals surface area contributed by atoms with Crippen molar-refractivity contribution in [3.63, 3.8) is 0 Å². The van der Waals surface area contributed by atoms with E-state index in [1.165, 1.54) is 11.3 Å². The minimum atomic E-state index is -3.64. The van der Waals surface area contributed by atoms with E-state index in [9.17, 15) is 8.42 Å². The number of rotatable bonds is 1. The van der Waals surface area contributed by atoms with Crippen LogP contribution in [-0.2, 0) is 10.0 Å². The molecule has 4 nitrogen and oxygen atoms in total. The van der Waals surface area contributed by atoms with Crippen molar-refractivity contribution in [1.82, 2.24) is 4.98 Å². The Balaban J connectivity index is 3.36. The molecule has 0 atom stereocenters. The number of sulfonamides is 1. The summed E-state index contributed by atoms with van der Waals surface area (Å²) in [6, 6.07) is 0. The monoisotopic (exact) mass is 256 g/mol. The smallest absolute Gasteiger partial charge is 0.223 e. The average Bonchev–Trinajstić information content (AvgIpc) is 2.08. The Bertz CT molecular complexity index is 369. The first-order chi connectivity index (χ1) is 4.91. The Morgan fingerprint density at radius 1 is 1.64 bits per heavy atom. The van der Waals surface area contributed by atoms with E-state index in [-0.39, 0.29) is 5.03 Å². The second-order valence-corrected chi connectivity index (χ2v) is 5.83. The zero-order valence-electron chi connectivity index (χ0n) is 5.54. The van der Waals surface area contributed by atoms with Crippen LogP contribution in [0.2, 0.25) is 0 Å². The summed E-state index contributed by atoms with van der Waals surface area (Å²) in [4.78, 5) is 4.30. The van der Waals surface area contributed by atoms with Gasteiger partial charge in [0.15, 0.2) is 8.94 Å². The average molecular weight is 257 g/mol. The molecule has 1 rings (SSSR count). The molecular weight excluding hydrogens is 252 g/mol. The first-order valence-electron chi connectivity index (χ1n) is 2.57. The van der Waals surface area contributed by atoms with Crippen LogP contribution in [0.25, 0.3) is 0 Å². The molecule has 11 heavy (non-hydrogen) atoms. The molecule has 0 aliphatic carbocycles. The molecule has 2 N–H and O–H groups in total. The molecule has 1 aromatic heterocycles. The normalized spacial score (nSPS) is 11.9. The molecule has 62 valence electrons. The van der Waals surface area contributed by atoms with Gasteiger partial charge in [-0.05, 0) is 22.9 Å². The maximum atomic E-state index is 10.8. The van der Waals surface area contributed by atoms with Crippen LogP contribution >= 0.6 is 27.3 Å². The minimum absolute atomic E-state index is 0.0469. The highest BCUT2D eigenvalue weighted by Crippen LogP contribution is 2.24. The molecule has 0 saturated heterocycles. The zero-order valence-corrected chi connectivity index (χ0v) is 8.75. The van der Waals surface area contributed by atoms with Crippen molar-refractivity contribution in [3.8, 4) is 0 Å². The molecule has 0 aliphatic rings. The lowest BCUT2D eigenvalue weighted by Gasteiger charge is -1.90. The summed E-state index contributed by atoms with van der Waals surface area (Å²) < 4.78 is 22.1. The molecule has 0 saturated carbocycles. The Labute approximate surface area is 76.6 Å². The predicted molar refractivity (Wildman–Crippen MR) is 45.9 cm³/mol. The van der Waals surface area contributed by atoms with Crippen molar-refractivity contribution in [2.45, 2.75) is 11.9 Å². The van der Waals surface area contributed by atoms with Gasteiger partial charge in [-0.2, -0.15) is 0 Å². The summed E-state index contributed by atoms with van der Waals surface area (Å²) in [5.41, 5.74) is 0. The van der Waals surface area contributed by atoms with Crippen LogP contribution in [0.15, 0.2) is 8.94 Å². The maximum absolute atomic E-state index is 10.8. The molecule has 1 heterocycles. The van der Waals surface area contributed by atoms with Gasteiger partial charge >= 0.3 is 0 Å².